The minimum Gasteiger partial charge on any atom is -0.335 e. The van der Waals surface area contributed by atoms with Crippen LogP contribution >= 0.6 is 22.9 Å². The molecule has 0 bridgehead atoms. The largest absolute Gasteiger partial charge is 0.335 e. The number of halogens is 2. The molecular formula is C16H15ClFN3O2S. The molecule has 0 unspecified atom stereocenters. The normalized spacial score (nSPS) is 14.8. The van der Waals surface area contributed by atoms with Crippen LogP contribution in [0.4, 0.5) is 4.39 Å². The van der Waals surface area contributed by atoms with Crippen LogP contribution in [0.3, 0.4) is 0 Å². The van der Waals surface area contributed by atoms with E-state index in [9.17, 15) is 14.0 Å². The topological polar surface area (TPSA) is 53.5 Å². The Morgan fingerprint density at radius 2 is 1.79 bits per heavy atom. The number of carbonyl (C=O) groups is 2. The summed E-state index contributed by atoms with van der Waals surface area (Å²) in [6.07, 6.45) is 0. The van der Waals surface area contributed by atoms with Crippen molar-refractivity contribution in [2.75, 3.05) is 26.2 Å². The van der Waals surface area contributed by atoms with Crippen LogP contribution in [-0.4, -0.2) is 52.8 Å². The Labute approximate surface area is 147 Å². The number of hydrogen-bond donors (Lipinski definition) is 0. The Hall–Kier alpha value is -1.99. The minimum absolute atomic E-state index is 0.0939. The fourth-order valence-corrected chi connectivity index (χ4v) is 3.43. The minimum atomic E-state index is -0.635. The maximum Gasteiger partial charge on any atom is 0.273 e. The van der Waals surface area contributed by atoms with Crippen LogP contribution in [0.15, 0.2) is 23.6 Å². The molecule has 1 aromatic heterocycles. The molecule has 0 radical (unpaired) electrons. The Balaban J connectivity index is 1.67. The first kappa shape index (κ1) is 16.9. The van der Waals surface area contributed by atoms with Gasteiger partial charge in [-0.15, -0.1) is 11.3 Å². The molecule has 0 spiro atoms. The van der Waals surface area contributed by atoms with E-state index in [0.29, 0.717) is 31.9 Å². The van der Waals surface area contributed by atoms with E-state index in [1.807, 2.05) is 6.92 Å². The second-order valence-corrected chi connectivity index (χ2v) is 6.90. The number of aryl methyl sites for hydroxylation is 1. The molecule has 2 amide bonds. The van der Waals surface area contributed by atoms with Crippen LogP contribution in [0.5, 0.6) is 0 Å². The van der Waals surface area contributed by atoms with Crippen LogP contribution in [-0.2, 0) is 0 Å². The summed E-state index contributed by atoms with van der Waals surface area (Å²) in [7, 11) is 0. The predicted octanol–water partition coefficient (Wildman–Crippen LogP) is 2.84. The summed E-state index contributed by atoms with van der Waals surface area (Å²) in [5.74, 6) is -1.23. The summed E-state index contributed by atoms with van der Waals surface area (Å²) < 4.78 is 13.9. The molecule has 1 saturated heterocycles. The van der Waals surface area contributed by atoms with E-state index >= 15 is 0 Å². The number of aromatic nitrogens is 1. The molecule has 24 heavy (non-hydrogen) atoms. The highest BCUT2D eigenvalue weighted by atomic mass is 35.5. The van der Waals surface area contributed by atoms with Crippen molar-refractivity contribution < 1.29 is 14.0 Å². The van der Waals surface area contributed by atoms with Crippen molar-refractivity contribution in [1.82, 2.24) is 14.8 Å². The van der Waals surface area contributed by atoms with E-state index in [2.05, 4.69) is 4.98 Å². The number of benzene rings is 1. The van der Waals surface area contributed by atoms with Crippen molar-refractivity contribution in [3.05, 3.63) is 50.7 Å². The first-order valence-electron chi connectivity index (χ1n) is 7.42. The molecule has 0 N–H and O–H groups in total. The summed E-state index contributed by atoms with van der Waals surface area (Å²) in [5.41, 5.74) is 0.309. The van der Waals surface area contributed by atoms with Gasteiger partial charge in [-0.2, -0.15) is 0 Å². The van der Waals surface area contributed by atoms with E-state index < -0.39 is 11.7 Å². The van der Waals surface area contributed by atoms with Gasteiger partial charge in [0.2, 0.25) is 0 Å². The monoisotopic (exact) mass is 367 g/mol. The smallest absolute Gasteiger partial charge is 0.273 e. The number of amides is 2. The Morgan fingerprint density at radius 1 is 1.17 bits per heavy atom. The van der Waals surface area contributed by atoms with E-state index in [4.69, 9.17) is 11.6 Å². The molecule has 3 rings (SSSR count). The number of piperazine rings is 1. The maximum atomic E-state index is 13.9. The number of rotatable bonds is 2. The van der Waals surface area contributed by atoms with Gasteiger partial charge in [-0.1, -0.05) is 17.7 Å². The summed E-state index contributed by atoms with van der Waals surface area (Å²) in [5, 5.41) is 2.66. The number of carbonyl (C=O) groups excluding carboxylic acids is 2. The van der Waals surface area contributed by atoms with E-state index in [0.717, 1.165) is 5.01 Å². The van der Waals surface area contributed by atoms with Crippen molar-refractivity contribution in [3.8, 4) is 0 Å². The standard InChI is InChI=1S/C16H15ClFN3O2S/c1-10-19-13(9-24-10)15(22)20-5-7-21(8-6-20)16(23)14-11(17)3-2-4-12(14)18/h2-4,9H,5-8H2,1H3. The number of thiazole rings is 1. The second-order valence-electron chi connectivity index (χ2n) is 5.43. The predicted molar refractivity (Wildman–Crippen MR) is 90.1 cm³/mol. The molecule has 0 saturated carbocycles. The molecule has 1 aliphatic rings. The summed E-state index contributed by atoms with van der Waals surface area (Å²) in [4.78, 5) is 32.2. The SMILES string of the molecule is Cc1nc(C(=O)N2CCN(C(=O)c3c(F)cccc3Cl)CC2)cs1. The van der Waals surface area contributed by atoms with Gasteiger partial charge in [0.05, 0.1) is 15.6 Å². The van der Waals surface area contributed by atoms with Gasteiger partial charge in [0.25, 0.3) is 11.8 Å². The molecule has 126 valence electrons. The van der Waals surface area contributed by atoms with Gasteiger partial charge in [-0.05, 0) is 19.1 Å². The van der Waals surface area contributed by atoms with Crippen molar-refractivity contribution >= 4 is 34.8 Å². The molecule has 8 heteroatoms. The van der Waals surface area contributed by atoms with Crippen LogP contribution < -0.4 is 0 Å². The third-order valence-electron chi connectivity index (χ3n) is 3.87. The Morgan fingerprint density at radius 3 is 2.33 bits per heavy atom. The molecule has 5 nitrogen and oxygen atoms in total. The average molecular weight is 368 g/mol. The fraction of sp³-hybridized carbons (Fsp3) is 0.312. The number of nitrogens with zero attached hydrogens (tertiary/aromatic N) is 3. The molecular weight excluding hydrogens is 353 g/mol. The molecule has 2 heterocycles. The quantitative estimate of drug-likeness (QED) is 0.820. The van der Waals surface area contributed by atoms with Crippen LogP contribution in [0.25, 0.3) is 0 Å². The molecule has 0 aliphatic carbocycles. The highest BCUT2D eigenvalue weighted by Gasteiger charge is 2.28. The maximum absolute atomic E-state index is 13.9. The van der Waals surface area contributed by atoms with E-state index in [-0.39, 0.29) is 16.5 Å². The zero-order valence-electron chi connectivity index (χ0n) is 13.0. The lowest BCUT2D eigenvalue weighted by atomic mass is 10.1. The highest BCUT2D eigenvalue weighted by molar-refractivity contribution is 7.09. The van der Waals surface area contributed by atoms with Gasteiger partial charge in [0.15, 0.2) is 0 Å². The summed E-state index contributed by atoms with van der Waals surface area (Å²) in [6, 6.07) is 4.16. The molecule has 1 aromatic carbocycles. The van der Waals surface area contributed by atoms with Crippen molar-refractivity contribution in [1.29, 1.82) is 0 Å². The molecule has 0 atom stereocenters. The van der Waals surface area contributed by atoms with Crippen molar-refractivity contribution in [2.45, 2.75) is 6.92 Å². The first-order chi connectivity index (χ1) is 11.5. The van der Waals surface area contributed by atoms with Crippen LogP contribution in [0.2, 0.25) is 5.02 Å². The fourth-order valence-electron chi connectivity index (χ4n) is 2.60. The molecule has 1 aliphatic heterocycles. The van der Waals surface area contributed by atoms with Gasteiger partial charge in [0, 0.05) is 31.6 Å². The lowest BCUT2D eigenvalue weighted by Crippen LogP contribution is -2.50. The average Bonchev–Trinajstić information content (AvgIpc) is 3.00. The lowest BCUT2D eigenvalue weighted by Gasteiger charge is -2.34. The van der Waals surface area contributed by atoms with Gasteiger partial charge in [-0.3, -0.25) is 9.59 Å². The first-order valence-corrected chi connectivity index (χ1v) is 8.68. The third-order valence-corrected chi connectivity index (χ3v) is 4.96. The van der Waals surface area contributed by atoms with Crippen LogP contribution in [0.1, 0.15) is 25.9 Å². The Bertz CT molecular complexity index is 767. The zero-order chi connectivity index (χ0) is 17.3. The lowest BCUT2D eigenvalue weighted by molar-refractivity contribution is 0.0530. The highest BCUT2D eigenvalue weighted by Crippen LogP contribution is 2.22. The molecule has 1 fully saturated rings. The van der Waals surface area contributed by atoms with Crippen molar-refractivity contribution in [2.24, 2.45) is 0 Å². The molecule has 2 aromatic rings. The van der Waals surface area contributed by atoms with Gasteiger partial charge in [-0.25, -0.2) is 9.37 Å². The van der Waals surface area contributed by atoms with Gasteiger partial charge in [0.1, 0.15) is 11.5 Å². The van der Waals surface area contributed by atoms with Crippen LogP contribution in [0, 0.1) is 12.7 Å². The second kappa shape index (κ2) is 6.86. The van der Waals surface area contributed by atoms with E-state index in [1.165, 1.54) is 34.4 Å². The Kier molecular flexibility index (Phi) is 4.82. The van der Waals surface area contributed by atoms with Crippen molar-refractivity contribution in [3.63, 3.8) is 0 Å². The number of hydrogen-bond acceptors (Lipinski definition) is 4. The zero-order valence-corrected chi connectivity index (χ0v) is 14.5. The summed E-state index contributed by atoms with van der Waals surface area (Å²) in [6.45, 7) is 3.27. The third kappa shape index (κ3) is 3.27. The van der Waals surface area contributed by atoms with E-state index in [1.54, 1.807) is 10.3 Å². The summed E-state index contributed by atoms with van der Waals surface area (Å²) >= 11 is 7.37. The van der Waals surface area contributed by atoms with Gasteiger partial charge < -0.3 is 9.80 Å². The van der Waals surface area contributed by atoms with Gasteiger partial charge >= 0.3 is 0 Å².